The first-order valence-electron chi connectivity index (χ1n) is 12.1. The molecule has 182 valence electrons. The summed E-state index contributed by atoms with van der Waals surface area (Å²) in [4.78, 5) is 43.4. The lowest BCUT2D eigenvalue weighted by atomic mass is 9.79. The summed E-state index contributed by atoms with van der Waals surface area (Å²) in [5.74, 6) is -0.158. The molecule has 3 unspecified atom stereocenters. The van der Waals surface area contributed by atoms with E-state index in [1.165, 1.54) is 0 Å². The third-order valence-electron chi connectivity index (χ3n) is 7.65. The van der Waals surface area contributed by atoms with Gasteiger partial charge in [0.2, 0.25) is 17.7 Å². The van der Waals surface area contributed by atoms with E-state index in [0.29, 0.717) is 24.8 Å². The van der Waals surface area contributed by atoms with Crippen molar-refractivity contribution in [3.05, 3.63) is 34.9 Å². The zero-order valence-electron chi connectivity index (χ0n) is 20.0. The average Bonchev–Trinajstić information content (AvgIpc) is 2.85. The molecule has 3 aliphatic rings. The van der Waals surface area contributed by atoms with E-state index in [1.807, 2.05) is 24.0 Å². The van der Waals surface area contributed by atoms with Crippen molar-refractivity contribution in [3.63, 3.8) is 0 Å². The lowest BCUT2D eigenvalue weighted by molar-refractivity contribution is -0.146. The van der Waals surface area contributed by atoms with Gasteiger partial charge in [0.15, 0.2) is 0 Å². The van der Waals surface area contributed by atoms with Gasteiger partial charge in [-0.15, -0.1) is 0 Å². The Morgan fingerprint density at radius 1 is 1.21 bits per heavy atom. The van der Waals surface area contributed by atoms with Crippen LogP contribution >= 0.6 is 0 Å². The number of hydrogen-bond donors (Lipinski definition) is 2. The summed E-state index contributed by atoms with van der Waals surface area (Å²) in [5.41, 5.74) is 2.36. The third-order valence-corrected chi connectivity index (χ3v) is 7.65. The van der Waals surface area contributed by atoms with E-state index in [9.17, 15) is 19.6 Å². The first-order valence-corrected chi connectivity index (χ1v) is 12.1. The fraction of sp³-hybridized carbons (Fsp3) is 0.600. The zero-order valence-corrected chi connectivity index (χ0v) is 20.0. The molecule has 2 N–H and O–H groups in total. The SMILES string of the molecule is CC(=O)N1CCN(C2CCC3NCN(CC(=O)NCc4cccc(C#N)c4C)C(=O)C3C2)CC1. The van der Waals surface area contributed by atoms with E-state index in [2.05, 4.69) is 21.6 Å². The lowest BCUT2D eigenvalue weighted by Crippen LogP contribution is -2.62. The van der Waals surface area contributed by atoms with Crippen LogP contribution in [0.4, 0.5) is 0 Å². The van der Waals surface area contributed by atoms with Crippen LogP contribution in [-0.4, -0.2) is 83.9 Å². The van der Waals surface area contributed by atoms with Crippen LogP contribution in [0, 0.1) is 24.2 Å². The number of fused-ring (bicyclic) bond motifs is 1. The van der Waals surface area contributed by atoms with Gasteiger partial charge in [-0.25, -0.2) is 0 Å². The monoisotopic (exact) mass is 466 g/mol. The molecular weight excluding hydrogens is 432 g/mol. The Balaban J connectivity index is 1.30. The Labute approximate surface area is 201 Å². The Bertz CT molecular complexity index is 981. The molecule has 3 amide bonds. The Kier molecular flexibility index (Phi) is 7.49. The van der Waals surface area contributed by atoms with Crippen molar-refractivity contribution in [2.45, 2.75) is 51.7 Å². The minimum atomic E-state index is -0.205. The van der Waals surface area contributed by atoms with Gasteiger partial charge in [-0.1, -0.05) is 12.1 Å². The molecule has 1 aliphatic carbocycles. The fourth-order valence-corrected chi connectivity index (χ4v) is 5.49. The normalized spacial score (nSPS) is 25.4. The highest BCUT2D eigenvalue weighted by Gasteiger charge is 2.42. The summed E-state index contributed by atoms with van der Waals surface area (Å²) in [6.07, 6.45) is 2.78. The van der Waals surface area contributed by atoms with Gasteiger partial charge in [0.25, 0.3) is 0 Å². The second kappa shape index (κ2) is 10.5. The van der Waals surface area contributed by atoms with Crippen LogP contribution in [0.1, 0.15) is 42.9 Å². The molecule has 3 atom stereocenters. The Hall–Kier alpha value is -2.96. The largest absolute Gasteiger partial charge is 0.350 e. The van der Waals surface area contributed by atoms with Crippen molar-refractivity contribution >= 4 is 17.7 Å². The highest BCUT2D eigenvalue weighted by atomic mass is 16.2. The molecule has 9 nitrogen and oxygen atoms in total. The van der Waals surface area contributed by atoms with Crippen molar-refractivity contribution in [2.24, 2.45) is 5.92 Å². The summed E-state index contributed by atoms with van der Waals surface area (Å²) in [7, 11) is 0. The third kappa shape index (κ3) is 5.24. The minimum Gasteiger partial charge on any atom is -0.350 e. The number of nitrogens with one attached hydrogen (secondary N) is 2. The molecule has 34 heavy (non-hydrogen) atoms. The van der Waals surface area contributed by atoms with Gasteiger partial charge in [-0.2, -0.15) is 5.26 Å². The van der Waals surface area contributed by atoms with Crippen LogP contribution in [0.15, 0.2) is 18.2 Å². The van der Waals surface area contributed by atoms with Crippen molar-refractivity contribution < 1.29 is 14.4 Å². The van der Waals surface area contributed by atoms with E-state index in [-0.39, 0.29) is 36.2 Å². The summed E-state index contributed by atoms with van der Waals surface area (Å²) >= 11 is 0. The smallest absolute Gasteiger partial charge is 0.239 e. The van der Waals surface area contributed by atoms with Gasteiger partial charge in [0, 0.05) is 51.7 Å². The maximum atomic E-state index is 13.3. The van der Waals surface area contributed by atoms with Gasteiger partial charge >= 0.3 is 0 Å². The second-order valence-corrected chi connectivity index (χ2v) is 9.60. The van der Waals surface area contributed by atoms with E-state index in [1.54, 1.807) is 17.9 Å². The van der Waals surface area contributed by atoms with E-state index in [0.717, 1.165) is 56.6 Å². The van der Waals surface area contributed by atoms with Gasteiger partial charge in [0.05, 0.1) is 24.2 Å². The molecule has 9 heteroatoms. The highest BCUT2D eigenvalue weighted by molar-refractivity contribution is 5.87. The molecule has 4 rings (SSSR count). The maximum absolute atomic E-state index is 13.3. The Morgan fingerprint density at radius 3 is 2.68 bits per heavy atom. The van der Waals surface area contributed by atoms with Gasteiger partial charge in [-0.3, -0.25) is 24.6 Å². The molecule has 2 aliphatic heterocycles. The highest BCUT2D eigenvalue weighted by Crippen LogP contribution is 2.32. The summed E-state index contributed by atoms with van der Waals surface area (Å²) in [6.45, 7) is 7.41. The zero-order chi connectivity index (χ0) is 24.2. The molecule has 0 spiro atoms. The van der Waals surface area contributed by atoms with Crippen molar-refractivity contribution in [1.29, 1.82) is 5.26 Å². The van der Waals surface area contributed by atoms with Gasteiger partial charge < -0.3 is 15.1 Å². The van der Waals surface area contributed by atoms with Crippen LogP contribution in [-0.2, 0) is 20.9 Å². The van der Waals surface area contributed by atoms with Crippen LogP contribution in [0.25, 0.3) is 0 Å². The molecule has 1 saturated carbocycles. The first kappa shape index (κ1) is 24.2. The number of carbonyl (C=O) groups excluding carboxylic acids is 3. The quantitative estimate of drug-likeness (QED) is 0.657. The van der Waals surface area contributed by atoms with Gasteiger partial charge in [0.1, 0.15) is 6.54 Å². The number of rotatable bonds is 5. The number of hydrogen-bond acceptors (Lipinski definition) is 6. The topological polar surface area (TPSA) is 109 Å². The molecule has 0 radical (unpaired) electrons. The molecular formula is C25H34N6O3. The number of amides is 3. The molecule has 1 aromatic carbocycles. The average molecular weight is 467 g/mol. The minimum absolute atomic E-state index is 0.0218. The molecule has 0 aromatic heterocycles. The van der Waals surface area contributed by atoms with Crippen LogP contribution in [0.5, 0.6) is 0 Å². The van der Waals surface area contributed by atoms with E-state index >= 15 is 0 Å². The molecule has 1 aromatic rings. The lowest BCUT2D eigenvalue weighted by Gasteiger charge is -2.47. The number of carbonyl (C=O) groups is 3. The summed E-state index contributed by atoms with van der Waals surface area (Å²) in [6, 6.07) is 8.13. The standard InChI is InChI=1S/C25H34N6O3/c1-17-19(13-26)4-3-5-20(17)14-27-24(33)15-31-16-28-23-7-6-21(12-22(23)25(31)34)30-10-8-29(9-11-30)18(2)32/h3-5,21-23,28H,6-12,14-16H2,1-2H3,(H,27,33). The predicted molar refractivity (Wildman–Crippen MR) is 126 cm³/mol. The van der Waals surface area contributed by atoms with Crippen molar-refractivity contribution in [2.75, 3.05) is 39.4 Å². The van der Waals surface area contributed by atoms with E-state index < -0.39 is 0 Å². The fourth-order valence-electron chi connectivity index (χ4n) is 5.49. The number of piperazine rings is 1. The second-order valence-electron chi connectivity index (χ2n) is 9.60. The molecule has 3 fully saturated rings. The molecule has 2 heterocycles. The van der Waals surface area contributed by atoms with Gasteiger partial charge in [-0.05, 0) is 43.4 Å². The predicted octanol–water partition coefficient (Wildman–Crippen LogP) is 0.574. The number of nitrogens with zero attached hydrogens (tertiary/aromatic N) is 4. The maximum Gasteiger partial charge on any atom is 0.239 e. The van der Waals surface area contributed by atoms with E-state index in [4.69, 9.17) is 0 Å². The summed E-state index contributed by atoms with van der Waals surface area (Å²) in [5, 5.41) is 15.6. The van der Waals surface area contributed by atoms with Crippen LogP contribution in [0.3, 0.4) is 0 Å². The van der Waals surface area contributed by atoms with Crippen molar-refractivity contribution in [1.82, 2.24) is 25.3 Å². The molecule has 2 saturated heterocycles. The van der Waals surface area contributed by atoms with Crippen molar-refractivity contribution in [3.8, 4) is 6.07 Å². The first-order chi connectivity index (χ1) is 16.4. The number of nitriles is 1. The van der Waals surface area contributed by atoms with Crippen LogP contribution < -0.4 is 10.6 Å². The Morgan fingerprint density at radius 2 is 1.97 bits per heavy atom. The summed E-state index contributed by atoms with van der Waals surface area (Å²) < 4.78 is 0. The number of benzene rings is 1. The van der Waals surface area contributed by atoms with Crippen LogP contribution in [0.2, 0.25) is 0 Å². The molecule has 0 bridgehead atoms.